The monoisotopic (exact) mass is 508 g/mol. The van der Waals surface area contributed by atoms with Crippen LogP contribution in [-0.2, 0) is 0 Å². The Morgan fingerprint density at radius 1 is 0.971 bits per heavy atom. The van der Waals surface area contributed by atoms with Gasteiger partial charge in [-0.1, -0.05) is 29.3 Å². The lowest BCUT2D eigenvalue weighted by Crippen LogP contribution is -2.44. The summed E-state index contributed by atoms with van der Waals surface area (Å²) in [6.45, 7) is 5.85. The van der Waals surface area contributed by atoms with E-state index in [1.807, 2.05) is 49.4 Å². The quantitative estimate of drug-likeness (QED) is 0.391. The number of nitrogens with one attached hydrogen (secondary N) is 1. The number of rotatable bonds is 5. The summed E-state index contributed by atoms with van der Waals surface area (Å²) in [6, 6.07) is 15.5. The van der Waals surface area contributed by atoms with Crippen molar-refractivity contribution in [1.29, 1.82) is 0 Å². The van der Waals surface area contributed by atoms with Gasteiger partial charge in [0.2, 0.25) is 5.95 Å². The van der Waals surface area contributed by atoms with Crippen molar-refractivity contribution in [2.24, 2.45) is 0 Å². The first-order valence-corrected chi connectivity index (χ1v) is 12.1. The Morgan fingerprint density at radius 3 is 2.43 bits per heavy atom. The van der Waals surface area contributed by atoms with Crippen molar-refractivity contribution >= 4 is 46.5 Å². The first-order valence-electron chi connectivity index (χ1n) is 11.3. The Morgan fingerprint density at radius 2 is 1.71 bits per heavy atom. The first kappa shape index (κ1) is 23.4. The van der Waals surface area contributed by atoms with Gasteiger partial charge in [-0.25, -0.2) is 9.67 Å². The number of nitrogen functional groups attached to an aromatic ring is 1. The van der Waals surface area contributed by atoms with Crippen molar-refractivity contribution in [3.63, 3.8) is 0 Å². The summed E-state index contributed by atoms with van der Waals surface area (Å²) in [7, 11) is 2.14. The third kappa shape index (κ3) is 5.05. The standard InChI is InChI=1S/C25H26Cl2N8/c1-16-13-23(35(32-16)19-6-4-18(26)5-7-19)30-24-20(15-29-25(28)31-24)17-3-8-22(21(27)14-17)34-11-9-33(2)10-12-34/h3-8,13-15H,9-12H2,1-2H3,(H3,28,29,30,31). The van der Waals surface area contributed by atoms with Crippen LogP contribution in [0.4, 0.5) is 23.3 Å². The van der Waals surface area contributed by atoms with E-state index in [0.717, 1.165) is 60.2 Å². The molecule has 5 rings (SSSR count). The van der Waals surface area contributed by atoms with E-state index in [4.69, 9.17) is 28.9 Å². The van der Waals surface area contributed by atoms with E-state index in [1.54, 1.807) is 10.9 Å². The van der Waals surface area contributed by atoms with Crippen LogP contribution in [-0.4, -0.2) is 57.9 Å². The minimum atomic E-state index is 0.172. The van der Waals surface area contributed by atoms with Gasteiger partial charge in [0.05, 0.1) is 22.1 Å². The number of anilines is 4. The van der Waals surface area contributed by atoms with E-state index >= 15 is 0 Å². The highest BCUT2D eigenvalue weighted by molar-refractivity contribution is 6.33. The third-order valence-corrected chi connectivity index (χ3v) is 6.61. The molecule has 0 saturated carbocycles. The Bertz CT molecular complexity index is 1340. The van der Waals surface area contributed by atoms with Gasteiger partial charge in [0.25, 0.3) is 0 Å². The molecule has 0 unspecified atom stereocenters. The number of likely N-dealkylation sites (N-methyl/N-ethyl adjacent to an activating group) is 1. The summed E-state index contributed by atoms with van der Waals surface area (Å²) in [5.74, 6) is 1.48. The zero-order valence-corrected chi connectivity index (χ0v) is 21.1. The molecule has 10 heteroatoms. The van der Waals surface area contributed by atoms with Gasteiger partial charge >= 0.3 is 0 Å². The van der Waals surface area contributed by atoms with Crippen LogP contribution < -0.4 is 16.0 Å². The lowest BCUT2D eigenvalue weighted by atomic mass is 10.1. The maximum Gasteiger partial charge on any atom is 0.221 e. The molecular weight excluding hydrogens is 483 g/mol. The lowest BCUT2D eigenvalue weighted by Gasteiger charge is -2.34. The van der Waals surface area contributed by atoms with Gasteiger partial charge in [-0.15, -0.1) is 0 Å². The summed E-state index contributed by atoms with van der Waals surface area (Å²) in [6.07, 6.45) is 1.71. The molecule has 0 atom stereocenters. The second-order valence-corrected chi connectivity index (χ2v) is 9.47. The number of hydrogen-bond acceptors (Lipinski definition) is 7. The molecule has 1 saturated heterocycles. The van der Waals surface area contributed by atoms with Crippen molar-refractivity contribution in [2.75, 3.05) is 49.2 Å². The normalized spacial score (nSPS) is 14.3. The van der Waals surface area contributed by atoms with Crippen LogP contribution >= 0.6 is 23.2 Å². The van der Waals surface area contributed by atoms with Gasteiger partial charge in [0.15, 0.2) is 0 Å². The number of benzene rings is 2. The van der Waals surface area contributed by atoms with Crippen molar-refractivity contribution in [1.82, 2.24) is 24.6 Å². The van der Waals surface area contributed by atoms with Crippen molar-refractivity contribution in [3.8, 4) is 16.8 Å². The third-order valence-electron chi connectivity index (χ3n) is 6.06. The molecule has 2 aromatic heterocycles. The molecule has 3 N–H and O–H groups in total. The van der Waals surface area contributed by atoms with E-state index in [2.05, 4.69) is 43.3 Å². The average Bonchev–Trinajstić information content (AvgIpc) is 3.20. The summed E-state index contributed by atoms with van der Waals surface area (Å²) in [4.78, 5) is 13.4. The van der Waals surface area contributed by atoms with E-state index < -0.39 is 0 Å². The highest BCUT2D eigenvalue weighted by Crippen LogP contribution is 2.35. The molecule has 180 valence electrons. The molecule has 1 fully saturated rings. The fraction of sp³-hybridized carbons (Fsp3) is 0.240. The minimum absolute atomic E-state index is 0.172. The zero-order valence-electron chi connectivity index (χ0n) is 19.5. The zero-order chi connectivity index (χ0) is 24.5. The molecule has 8 nitrogen and oxygen atoms in total. The predicted molar refractivity (Wildman–Crippen MR) is 143 cm³/mol. The van der Waals surface area contributed by atoms with Gasteiger partial charge in [-0.3, -0.25) is 0 Å². The number of aryl methyl sites for hydroxylation is 1. The summed E-state index contributed by atoms with van der Waals surface area (Å²) in [5.41, 5.74) is 10.4. The smallest absolute Gasteiger partial charge is 0.221 e. The van der Waals surface area contributed by atoms with Crippen LogP contribution in [0.25, 0.3) is 16.8 Å². The second kappa shape index (κ2) is 9.73. The Kier molecular flexibility index (Phi) is 6.51. The van der Waals surface area contributed by atoms with Crippen LogP contribution in [0.1, 0.15) is 5.69 Å². The lowest BCUT2D eigenvalue weighted by molar-refractivity contribution is 0.313. The SMILES string of the molecule is Cc1cc(Nc2nc(N)ncc2-c2ccc(N3CCN(C)CC3)c(Cl)c2)n(-c2ccc(Cl)cc2)n1. The summed E-state index contributed by atoms with van der Waals surface area (Å²) >= 11 is 12.8. The van der Waals surface area contributed by atoms with Crippen LogP contribution in [0.5, 0.6) is 0 Å². The molecular formula is C25H26Cl2N8. The number of hydrogen-bond donors (Lipinski definition) is 2. The van der Waals surface area contributed by atoms with Gasteiger partial charge in [0, 0.05) is 49.0 Å². The van der Waals surface area contributed by atoms with Crippen molar-refractivity contribution < 1.29 is 0 Å². The Labute approximate surface area is 214 Å². The molecule has 0 radical (unpaired) electrons. The van der Waals surface area contributed by atoms with E-state index in [0.29, 0.717) is 15.9 Å². The Balaban J connectivity index is 1.48. The molecule has 1 aliphatic rings. The average molecular weight is 509 g/mol. The van der Waals surface area contributed by atoms with Gasteiger partial charge in [0.1, 0.15) is 11.6 Å². The summed E-state index contributed by atoms with van der Waals surface area (Å²) in [5, 5.41) is 9.37. The topological polar surface area (TPSA) is 88.1 Å². The molecule has 4 aromatic rings. The Hall–Kier alpha value is -3.33. The number of nitrogens with zero attached hydrogens (tertiary/aromatic N) is 6. The van der Waals surface area contributed by atoms with Crippen LogP contribution in [0.2, 0.25) is 10.0 Å². The first-order chi connectivity index (χ1) is 16.9. The van der Waals surface area contributed by atoms with Crippen LogP contribution in [0.15, 0.2) is 54.7 Å². The van der Waals surface area contributed by atoms with E-state index in [1.165, 1.54) is 0 Å². The predicted octanol–water partition coefficient (Wildman–Crippen LogP) is 5.02. The fourth-order valence-corrected chi connectivity index (χ4v) is 4.60. The summed E-state index contributed by atoms with van der Waals surface area (Å²) < 4.78 is 1.80. The number of nitrogens with two attached hydrogens (primary N) is 1. The molecule has 3 heterocycles. The molecule has 2 aromatic carbocycles. The van der Waals surface area contributed by atoms with Crippen molar-refractivity contribution in [3.05, 3.63) is 70.5 Å². The molecule has 0 aliphatic carbocycles. The fourth-order valence-electron chi connectivity index (χ4n) is 4.17. The maximum absolute atomic E-state index is 6.75. The van der Waals surface area contributed by atoms with Gasteiger partial charge in [-0.05, 0) is 55.9 Å². The van der Waals surface area contributed by atoms with Crippen LogP contribution in [0.3, 0.4) is 0 Å². The van der Waals surface area contributed by atoms with Gasteiger partial charge in [-0.2, -0.15) is 10.1 Å². The van der Waals surface area contributed by atoms with E-state index in [-0.39, 0.29) is 5.95 Å². The molecule has 0 bridgehead atoms. The van der Waals surface area contributed by atoms with Crippen molar-refractivity contribution in [2.45, 2.75) is 6.92 Å². The molecule has 0 spiro atoms. The maximum atomic E-state index is 6.75. The number of piperazine rings is 1. The number of aromatic nitrogens is 4. The molecule has 0 amide bonds. The second-order valence-electron chi connectivity index (χ2n) is 8.63. The molecule has 1 aliphatic heterocycles. The van der Waals surface area contributed by atoms with E-state index in [9.17, 15) is 0 Å². The minimum Gasteiger partial charge on any atom is -0.368 e. The molecule has 35 heavy (non-hydrogen) atoms. The highest BCUT2D eigenvalue weighted by atomic mass is 35.5. The highest BCUT2D eigenvalue weighted by Gasteiger charge is 2.19. The van der Waals surface area contributed by atoms with Gasteiger partial charge < -0.3 is 20.9 Å². The largest absolute Gasteiger partial charge is 0.368 e. The van der Waals surface area contributed by atoms with Crippen LogP contribution in [0, 0.1) is 6.92 Å². The number of halogens is 2.